The second-order valence-corrected chi connectivity index (χ2v) is 4.50. The number of nitrogens with two attached hydrogens (primary N) is 1. The Balaban J connectivity index is 2.34. The highest BCUT2D eigenvalue weighted by molar-refractivity contribution is 7.99. The van der Waals surface area contributed by atoms with Crippen molar-refractivity contribution in [2.75, 3.05) is 5.73 Å². The third kappa shape index (κ3) is 2.58. The van der Waals surface area contributed by atoms with Gasteiger partial charge in [-0.25, -0.2) is 4.39 Å². The van der Waals surface area contributed by atoms with Crippen LogP contribution >= 0.6 is 11.8 Å². The van der Waals surface area contributed by atoms with Crippen molar-refractivity contribution in [3.8, 4) is 6.07 Å². The van der Waals surface area contributed by atoms with Gasteiger partial charge in [0, 0.05) is 9.79 Å². The monoisotopic (exact) mass is 244 g/mol. The molecule has 0 heterocycles. The summed E-state index contributed by atoms with van der Waals surface area (Å²) in [4.78, 5) is 1.52. The number of hydrogen-bond acceptors (Lipinski definition) is 3. The smallest absolute Gasteiger partial charge is 0.124 e. The van der Waals surface area contributed by atoms with Crippen LogP contribution in [-0.2, 0) is 0 Å². The Morgan fingerprint density at radius 2 is 1.94 bits per heavy atom. The number of benzene rings is 2. The van der Waals surface area contributed by atoms with Crippen molar-refractivity contribution < 1.29 is 4.39 Å². The van der Waals surface area contributed by atoms with Crippen LogP contribution in [0.4, 0.5) is 10.1 Å². The summed E-state index contributed by atoms with van der Waals surface area (Å²) in [6.45, 7) is 0. The average Bonchev–Trinajstić information content (AvgIpc) is 2.32. The van der Waals surface area contributed by atoms with Crippen LogP contribution < -0.4 is 5.73 Å². The normalized spacial score (nSPS) is 9.88. The molecule has 0 spiro atoms. The van der Waals surface area contributed by atoms with Gasteiger partial charge in [-0.1, -0.05) is 23.9 Å². The number of para-hydroxylation sites is 1. The topological polar surface area (TPSA) is 49.8 Å². The minimum absolute atomic E-state index is 0.287. The fraction of sp³-hybridized carbons (Fsp3) is 0. The lowest BCUT2D eigenvalue weighted by atomic mass is 10.2. The molecule has 0 aliphatic rings. The Hall–Kier alpha value is -1.99. The first-order chi connectivity index (χ1) is 8.20. The maximum atomic E-state index is 13.0. The lowest BCUT2D eigenvalue weighted by Gasteiger charge is -2.06. The van der Waals surface area contributed by atoms with Crippen LogP contribution in [-0.4, -0.2) is 0 Å². The van der Waals surface area contributed by atoms with E-state index in [-0.39, 0.29) is 5.82 Å². The van der Waals surface area contributed by atoms with Gasteiger partial charge in [0.15, 0.2) is 0 Å². The summed E-state index contributed by atoms with van der Waals surface area (Å²) in [6.07, 6.45) is 0. The lowest BCUT2D eigenvalue weighted by molar-refractivity contribution is 0.624. The Bertz CT molecular complexity index is 590. The summed E-state index contributed by atoms with van der Waals surface area (Å²) in [5.41, 5.74) is 6.71. The minimum Gasteiger partial charge on any atom is -0.397 e. The number of nitrogens with zero attached hydrogens (tertiary/aromatic N) is 1. The number of rotatable bonds is 2. The van der Waals surface area contributed by atoms with Crippen molar-refractivity contribution in [2.24, 2.45) is 0 Å². The van der Waals surface area contributed by atoms with Crippen molar-refractivity contribution >= 4 is 17.4 Å². The summed E-state index contributed by atoms with van der Waals surface area (Å²) in [7, 11) is 0. The number of nitriles is 1. The number of nitrogen functional groups attached to an aromatic ring is 1. The fourth-order valence-electron chi connectivity index (χ4n) is 1.39. The molecule has 2 N–H and O–H groups in total. The minimum atomic E-state index is -0.287. The largest absolute Gasteiger partial charge is 0.397 e. The van der Waals surface area contributed by atoms with E-state index in [9.17, 15) is 4.39 Å². The molecule has 0 atom stereocenters. The third-order valence-electron chi connectivity index (χ3n) is 2.21. The number of halogens is 1. The SMILES string of the molecule is N#Cc1cccc(Sc2cccc(F)c2)c1N. The van der Waals surface area contributed by atoms with Gasteiger partial charge in [-0.2, -0.15) is 5.26 Å². The molecule has 0 unspecified atom stereocenters. The highest BCUT2D eigenvalue weighted by atomic mass is 32.2. The van der Waals surface area contributed by atoms with Gasteiger partial charge in [0.05, 0.1) is 11.3 Å². The quantitative estimate of drug-likeness (QED) is 0.823. The highest BCUT2D eigenvalue weighted by Crippen LogP contribution is 2.33. The molecule has 0 fully saturated rings. The van der Waals surface area contributed by atoms with E-state index in [4.69, 9.17) is 11.0 Å². The molecule has 4 heteroatoms. The molecular weight excluding hydrogens is 235 g/mol. The van der Waals surface area contributed by atoms with Crippen molar-refractivity contribution in [2.45, 2.75) is 9.79 Å². The van der Waals surface area contributed by atoms with Crippen molar-refractivity contribution in [3.05, 3.63) is 53.8 Å². The lowest BCUT2D eigenvalue weighted by Crippen LogP contribution is -1.92. The zero-order valence-electron chi connectivity index (χ0n) is 8.85. The number of hydrogen-bond donors (Lipinski definition) is 1. The second kappa shape index (κ2) is 4.89. The first-order valence-corrected chi connectivity index (χ1v) is 5.74. The van der Waals surface area contributed by atoms with E-state index in [0.29, 0.717) is 11.3 Å². The van der Waals surface area contributed by atoms with Crippen LogP contribution in [0, 0.1) is 17.1 Å². The van der Waals surface area contributed by atoms with Gasteiger partial charge in [-0.3, -0.25) is 0 Å². The molecular formula is C13H9FN2S. The molecule has 84 valence electrons. The van der Waals surface area contributed by atoms with E-state index >= 15 is 0 Å². The van der Waals surface area contributed by atoms with Crippen molar-refractivity contribution in [3.63, 3.8) is 0 Å². The molecule has 2 aromatic carbocycles. The average molecular weight is 244 g/mol. The highest BCUT2D eigenvalue weighted by Gasteiger charge is 2.06. The van der Waals surface area contributed by atoms with Crippen molar-refractivity contribution in [1.29, 1.82) is 5.26 Å². The molecule has 0 saturated heterocycles. The summed E-state index contributed by atoms with van der Waals surface area (Å²) in [5.74, 6) is -0.287. The van der Waals surface area contributed by atoms with E-state index in [1.54, 1.807) is 24.3 Å². The molecule has 0 bridgehead atoms. The molecule has 17 heavy (non-hydrogen) atoms. The molecule has 0 aromatic heterocycles. The van der Waals surface area contributed by atoms with Crippen LogP contribution in [0.25, 0.3) is 0 Å². The summed E-state index contributed by atoms with van der Waals surface area (Å²) in [6, 6.07) is 13.5. The third-order valence-corrected chi connectivity index (χ3v) is 3.28. The molecule has 0 amide bonds. The molecule has 0 radical (unpaired) electrons. The fourth-order valence-corrected chi connectivity index (χ4v) is 2.33. The molecule has 0 aliphatic carbocycles. The van der Waals surface area contributed by atoms with Gasteiger partial charge in [-0.15, -0.1) is 0 Å². The van der Waals surface area contributed by atoms with Crippen LogP contribution in [0.5, 0.6) is 0 Å². The summed E-state index contributed by atoms with van der Waals surface area (Å²) < 4.78 is 13.0. The predicted molar refractivity (Wildman–Crippen MR) is 66.1 cm³/mol. The van der Waals surface area contributed by atoms with E-state index in [2.05, 4.69) is 0 Å². The van der Waals surface area contributed by atoms with Gasteiger partial charge >= 0.3 is 0 Å². The summed E-state index contributed by atoms with van der Waals surface area (Å²) in [5, 5.41) is 8.85. The molecule has 0 saturated carbocycles. The molecule has 2 nitrogen and oxygen atoms in total. The molecule has 0 aliphatic heterocycles. The van der Waals surface area contributed by atoms with Gasteiger partial charge in [-0.05, 0) is 30.3 Å². The Labute approximate surface area is 103 Å². The second-order valence-electron chi connectivity index (χ2n) is 3.39. The van der Waals surface area contributed by atoms with E-state index in [0.717, 1.165) is 9.79 Å². The first-order valence-electron chi connectivity index (χ1n) is 4.92. The van der Waals surface area contributed by atoms with Crippen LogP contribution in [0.1, 0.15) is 5.56 Å². The van der Waals surface area contributed by atoms with Gasteiger partial charge in [0.1, 0.15) is 11.9 Å². The van der Waals surface area contributed by atoms with Gasteiger partial charge < -0.3 is 5.73 Å². The van der Waals surface area contributed by atoms with E-state index in [1.807, 2.05) is 12.1 Å². The summed E-state index contributed by atoms with van der Waals surface area (Å²) >= 11 is 1.34. The zero-order chi connectivity index (χ0) is 12.3. The Morgan fingerprint density at radius 3 is 2.65 bits per heavy atom. The molecule has 2 rings (SSSR count). The Kier molecular flexibility index (Phi) is 3.31. The van der Waals surface area contributed by atoms with Crippen LogP contribution in [0.15, 0.2) is 52.3 Å². The first kappa shape index (κ1) is 11.5. The van der Waals surface area contributed by atoms with Gasteiger partial charge in [0.2, 0.25) is 0 Å². The maximum Gasteiger partial charge on any atom is 0.124 e. The van der Waals surface area contributed by atoms with Crippen LogP contribution in [0.3, 0.4) is 0 Å². The van der Waals surface area contributed by atoms with Crippen LogP contribution in [0.2, 0.25) is 0 Å². The number of anilines is 1. The van der Waals surface area contributed by atoms with E-state index < -0.39 is 0 Å². The predicted octanol–water partition coefficient (Wildman–Crippen LogP) is 3.43. The van der Waals surface area contributed by atoms with E-state index in [1.165, 1.54) is 23.9 Å². The van der Waals surface area contributed by atoms with Gasteiger partial charge in [0.25, 0.3) is 0 Å². The standard InChI is InChI=1S/C13H9FN2S/c14-10-4-2-5-11(7-10)17-12-6-1-3-9(8-15)13(12)16/h1-7H,16H2. The zero-order valence-corrected chi connectivity index (χ0v) is 9.67. The maximum absolute atomic E-state index is 13.0. The molecule has 2 aromatic rings. The Morgan fingerprint density at radius 1 is 1.18 bits per heavy atom. The van der Waals surface area contributed by atoms with Crippen molar-refractivity contribution in [1.82, 2.24) is 0 Å².